The fourth-order valence-corrected chi connectivity index (χ4v) is 3.86. The number of aromatic nitrogens is 4. The number of carbonyl (C=O) groups excluding carboxylic acids is 1. The van der Waals surface area contributed by atoms with E-state index in [0.29, 0.717) is 11.1 Å². The molecule has 2 aromatic carbocycles. The van der Waals surface area contributed by atoms with Gasteiger partial charge in [0, 0.05) is 5.69 Å². The van der Waals surface area contributed by atoms with Crippen molar-refractivity contribution < 1.29 is 4.79 Å². The lowest BCUT2D eigenvalue weighted by molar-refractivity contribution is -0.115. The van der Waals surface area contributed by atoms with Crippen LogP contribution in [0, 0.1) is 13.8 Å². The molecule has 1 aromatic heterocycles. The van der Waals surface area contributed by atoms with E-state index in [1.54, 1.807) is 4.68 Å². The van der Waals surface area contributed by atoms with Crippen LogP contribution in [0.5, 0.6) is 0 Å². The van der Waals surface area contributed by atoms with E-state index in [1.165, 1.54) is 11.8 Å². The summed E-state index contributed by atoms with van der Waals surface area (Å²) >= 11 is 1.35. The van der Waals surface area contributed by atoms with E-state index >= 15 is 0 Å². The van der Waals surface area contributed by atoms with Gasteiger partial charge in [0.25, 0.3) is 0 Å². The van der Waals surface area contributed by atoms with Gasteiger partial charge >= 0.3 is 0 Å². The van der Waals surface area contributed by atoms with Crippen molar-refractivity contribution in [2.45, 2.75) is 57.4 Å². The summed E-state index contributed by atoms with van der Waals surface area (Å²) < 4.78 is 1.70. The molecule has 2 atom stereocenters. The van der Waals surface area contributed by atoms with Crippen molar-refractivity contribution in [3.05, 3.63) is 59.2 Å². The fourth-order valence-electron chi connectivity index (χ4n) is 3.06. The molecule has 3 aromatic rings. The van der Waals surface area contributed by atoms with E-state index in [4.69, 9.17) is 0 Å². The van der Waals surface area contributed by atoms with Crippen LogP contribution in [0.2, 0.25) is 0 Å². The number of tetrazole rings is 1. The Hall–Kier alpha value is -2.67. The molecular formula is C22H27N5OS. The Kier molecular flexibility index (Phi) is 6.69. The summed E-state index contributed by atoms with van der Waals surface area (Å²) in [5.74, 6) is 0.312. The molecule has 7 heteroatoms. The van der Waals surface area contributed by atoms with E-state index in [-0.39, 0.29) is 11.2 Å². The predicted molar refractivity (Wildman–Crippen MR) is 118 cm³/mol. The van der Waals surface area contributed by atoms with Crippen molar-refractivity contribution in [3.8, 4) is 5.69 Å². The smallest absolute Gasteiger partial charge is 0.237 e. The van der Waals surface area contributed by atoms with E-state index in [9.17, 15) is 4.79 Å². The standard InChI is InChI=1S/C22H27N5OS/c1-6-15(3)18-9-7-8-10-19(18)23-21(28)17(5)29-22-24-25-26-27(22)20-13-14(2)11-12-16(20)4/h7-13,15,17H,6H2,1-5H3,(H,23,28). The minimum Gasteiger partial charge on any atom is -0.325 e. The third-order valence-corrected chi connectivity index (χ3v) is 6.08. The lowest BCUT2D eigenvalue weighted by Crippen LogP contribution is -2.23. The molecule has 1 N–H and O–H groups in total. The molecule has 3 rings (SSSR count). The van der Waals surface area contributed by atoms with Crippen LogP contribution in [-0.4, -0.2) is 31.4 Å². The SMILES string of the molecule is CCC(C)c1ccccc1NC(=O)C(C)Sc1nnnn1-c1cc(C)ccc1C. The molecule has 0 fully saturated rings. The first-order valence-electron chi connectivity index (χ1n) is 9.83. The van der Waals surface area contributed by atoms with Gasteiger partial charge in [-0.2, -0.15) is 4.68 Å². The van der Waals surface area contributed by atoms with Crippen molar-refractivity contribution in [1.82, 2.24) is 20.2 Å². The largest absolute Gasteiger partial charge is 0.325 e. The van der Waals surface area contributed by atoms with Crippen LogP contribution < -0.4 is 5.32 Å². The number of para-hydroxylation sites is 1. The zero-order valence-corrected chi connectivity index (χ0v) is 18.3. The molecule has 0 aliphatic carbocycles. The molecule has 0 spiro atoms. The van der Waals surface area contributed by atoms with Gasteiger partial charge in [0.2, 0.25) is 11.1 Å². The Morgan fingerprint density at radius 1 is 1.17 bits per heavy atom. The summed E-state index contributed by atoms with van der Waals surface area (Å²) in [6, 6.07) is 14.1. The monoisotopic (exact) mass is 409 g/mol. The number of thioether (sulfide) groups is 1. The van der Waals surface area contributed by atoms with E-state index in [1.807, 2.05) is 51.1 Å². The molecular weight excluding hydrogens is 382 g/mol. The van der Waals surface area contributed by atoms with Gasteiger partial charge < -0.3 is 5.32 Å². The molecule has 0 aliphatic rings. The molecule has 1 amide bonds. The quantitative estimate of drug-likeness (QED) is 0.561. The van der Waals surface area contributed by atoms with Gasteiger partial charge in [0.05, 0.1) is 10.9 Å². The summed E-state index contributed by atoms with van der Waals surface area (Å²) in [6.45, 7) is 10.2. The Morgan fingerprint density at radius 2 is 1.93 bits per heavy atom. The number of aryl methyl sites for hydroxylation is 2. The molecule has 2 unspecified atom stereocenters. The summed E-state index contributed by atoms with van der Waals surface area (Å²) in [5, 5.41) is 15.4. The average Bonchev–Trinajstić information content (AvgIpc) is 3.17. The van der Waals surface area contributed by atoms with Crippen LogP contribution in [0.4, 0.5) is 5.69 Å². The van der Waals surface area contributed by atoms with Gasteiger partial charge in [-0.05, 0) is 72.4 Å². The highest BCUT2D eigenvalue weighted by molar-refractivity contribution is 8.00. The number of hydrogen-bond acceptors (Lipinski definition) is 5. The first-order chi connectivity index (χ1) is 13.9. The second-order valence-corrected chi connectivity index (χ2v) is 8.62. The number of carbonyl (C=O) groups is 1. The van der Waals surface area contributed by atoms with E-state index < -0.39 is 0 Å². The minimum absolute atomic E-state index is 0.0683. The van der Waals surface area contributed by atoms with Crippen LogP contribution in [0.1, 0.15) is 49.8 Å². The maximum Gasteiger partial charge on any atom is 0.237 e. The highest BCUT2D eigenvalue weighted by Crippen LogP contribution is 2.29. The number of nitrogens with one attached hydrogen (secondary N) is 1. The molecule has 6 nitrogen and oxygen atoms in total. The van der Waals surface area contributed by atoms with Crippen LogP contribution in [-0.2, 0) is 4.79 Å². The molecule has 0 aliphatic heterocycles. The highest BCUT2D eigenvalue weighted by Gasteiger charge is 2.21. The molecule has 152 valence electrons. The number of rotatable bonds is 7. The van der Waals surface area contributed by atoms with Gasteiger partial charge in [0.1, 0.15) is 0 Å². The third-order valence-electron chi connectivity index (χ3n) is 5.05. The average molecular weight is 410 g/mol. The topological polar surface area (TPSA) is 72.7 Å². The number of anilines is 1. The summed E-state index contributed by atoms with van der Waals surface area (Å²) in [6.07, 6.45) is 1.02. The third kappa shape index (κ3) is 4.85. The predicted octanol–water partition coefficient (Wildman–Crippen LogP) is 4.91. The normalized spacial score (nSPS) is 13.1. The molecule has 29 heavy (non-hydrogen) atoms. The number of amides is 1. The second kappa shape index (κ2) is 9.22. The van der Waals surface area contributed by atoms with Gasteiger partial charge in [-0.25, -0.2) is 0 Å². The lowest BCUT2D eigenvalue weighted by Gasteiger charge is -2.17. The molecule has 0 radical (unpaired) electrons. The van der Waals surface area contributed by atoms with Crippen LogP contribution in [0.3, 0.4) is 0 Å². The van der Waals surface area contributed by atoms with Gasteiger partial charge in [-0.3, -0.25) is 4.79 Å². The fraction of sp³-hybridized carbons (Fsp3) is 0.364. The minimum atomic E-state index is -0.352. The van der Waals surface area contributed by atoms with Crippen molar-refractivity contribution in [3.63, 3.8) is 0 Å². The van der Waals surface area contributed by atoms with Crippen molar-refractivity contribution in [1.29, 1.82) is 0 Å². The van der Waals surface area contributed by atoms with Crippen molar-refractivity contribution >= 4 is 23.4 Å². The number of benzene rings is 2. The molecule has 1 heterocycles. The number of hydrogen-bond donors (Lipinski definition) is 1. The van der Waals surface area contributed by atoms with Crippen LogP contribution in [0.15, 0.2) is 47.6 Å². The molecule has 0 bridgehead atoms. The maximum absolute atomic E-state index is 12.9. The first-order valence-corrected chi connectivity index (χ1v) is 10.7. The number of nitrogens with zero attached hydrogens (tertiary/aromatic N) is 4. The Balaban J connectivity index is 1.77. The Morgan fingerprint density at radius 3 is 2.69 bits per heavy atom. The van der Waals surface area contributed by atoms with Gasteiger partial charge in [-0.15, -0.1) is 5.10 Å². The van der Waals surface area contributed by atoms with E-state index in [0.717, 1.165) is 34.5 Å². The Labute approximate surface area is 176 Å². The summed E-state index contributed by atoms with van der Waals surface area (Å²) in [4.78, 5) is 12.9. The summed E-state index contributed by atoms with van der Waals surface area (Å²) in [7, 11) is 0. The van der Waals surface area contributed by atoms with Crippen LogP contribution in [0.25, 0.3) is 5.69 Å². The highest BCUT2D eigenvalue weighted by atomic mass is 32.2. The maximum atomic E-state index is 12.9. The van der Waals surface area contributed by atoms with Crippen molar-refractivity contribution in [2.24, 2.45) is 0 Å². The second-order valence-electron chi connectivity index (χ2n) is 7.31. The lowest BCUT2D eigenvalue weighted by atomic mass is 9.97. The first kappa shape index (κ1) is 21.0. The molecule has 0 saturated carbocycles. The van der Waals surface area contributed by atoms with Crippen molar-refractivity contribution in [2.75, 3.05) is 5.32 Å². The zero-order chi connectivity index (χ0) is 21.0. The van der Waals surface area contributed by atoms with Gasteiger partial charge in [0.15, 0.2) is 0 Å². The van der Waals surface area contributed by atoms with Crippen LogP contribution >= 0.6 is 11.8 Å². The van der Waals surface area contributed by atoms with E-state index in [2.05, 4.69) is 46.8 Å². The summed E-state index contributed by atoms with van der Waals surface area (Å²) in [5.41, 5.74) is 5.15. The zero-order valence-electron chi connectivity index (χ0n) is 17.5. The molecule has 0 saturated heterocycles. The Bertz CT molecular complexity index is 1000. The van der Waals surface area contributed by atoms with Gasteiger partial charge in [-0.1, -0.05) is 55.9 Å².